The SMILES string of the molecule is OC1CCCc2ccc(OCCCOCC(F)(F)F)cc21. The van der Waals surface area contributed by atoms with Gasteiger partial charge in [0.25, 0.3) is 0 Å². The van der Waals surface area contributed by atoms with Crippen LogP contribution < -0.4 is 4.74 Å². The lowest BCUT2D eigenvalue weighted by Gasteiger charge is -2.22. The minimum absolute atomic E-state index is 0.00702. The van der Waals surface area contributed by atoms with Crippen LogP contribution in [0.3, 0.4) is 0 Å². The van der Waals surface area contributed by atoms with Crippen molar-refractivity contribution >= 4 is 0 Å². The molecule has 0 saturated heterocycles. The van der Waals surface area contributed by atoms with Crippen LogP contribution in [-0.2, 0) is 11.2 Å². The lowest BCUT2D eigenvalue weighted by Crippen LogP contribution is -2.18. The minimum Gasteiger partial charge on any atom is -0.493 e. The molecule has 3 nitrogen and oxygen atoms in total. The highest BCUT2D eigenvalue weighted by Crippen LogP contribution is 2.32. The molecule has 1 unspecified atom stereocenters. The first-order valence-corrected chi connectivity index (χ1v) is 7.04. The average Bonchev–Trinajstić information content (AvgIpc) is 2.42. The molecule has 6 heteroatoms. The fraction of sp³-hybridized carbons (Fsp3) is 0.600. The van der Waals surface area contributed by atoms with Crippen LogP contribution >= 0.6 is 0 Å². The van der Waals surface area contributed by atoms with Crippen LogP contribution in [0.25, 0.3) is 0 Å². The maximum absolute atomic E-state index is 11.8. The Balaban J connectivity index is 1.73. The Labute approximate surface area is 121 Å². The second kappa shape index (κ2) is 7.13. The zero-order valence-electron chi connectivity index (χ0n) is 11.7. The Morgan fingerprint density at radius 1 is 1.24 bits per heavy atom. The Morgan fingerprint density at radius 2 is 2.05 bits per heavy atom. The summed E-state index contributed by atoms with van der Waals surface area (Å²) in [6, 6.07) is 5.58. The van der Waals surface area contributed by atoms with E-state index >= 15 is 0 Å². The van der Waals surface area contributed by atoms with E-state index in [1.165, 1.54) is 0 Å². The summed E-state index contributed by atoms with van der Waals surface area (Å²) in [6.07, 6.45) is -1.66. The molecule has 0 bridgehead atoms. The van der Waals surface area contributed by atoms with Crippen molar-refractivity contribution in [3.05, 3.63) is 29.3 Å². The number of fused-ring (bicyclic) bond motifs is 1. The zero-order valence-corrected chi connectivity index (χ0v) is 11.7. The molecule has 1 atom stereocenters. The minimum atomic E-state index is -4.28. The van der Waals surface area contributed by atoms with E-state index < -0.39 is 18.9 Å². The molecule has 21 heavy (non-hydrogen) atoms. The number of aliphatic hydroxyl groups is 1. The second-order valence-electron chi connectivity index (χ2n) is 5.14. The van der Waals surface area contributed by atoms with Crippen molar-refractivity contribution in [2.45, 2.75) is 38.0 Å². The fourth-order valence-corrected chi connectivity index (χ4v) is 2.38. The summed E-state index contributed by atoms with van der Waals surface area (Å²) in [4.78, 5) is 0. The largest absolute Gasteiger partial charge is 0.493 e. The number of rotatable bonds is 6. The highest BCUT2D eigenvalue weighted by atomic mass is 19.4. The molecule has 1 aromatic rings. The number of ether oxygens (including phenoxy) is 2. The highest BCUT2D eigenvalue weighted by molar-refractivity contribution is 5.38. The van der Waals surface area contributed by atoms with Crippen LogP contribution in [0.5, 0.6) is 5.75 Å². The maximum Gasteiger partial charge on any atom is 0.411 e. The van der Waals surface area contributed by atoms with Gasteiger partial charge in [-0.1, -0.05) is 6.07 Å². The summed E-state index contributed by atoms with van der Waals surface area (Å²) in [5.41, 5.74) is 2.03. The quantitative estimate of drug-likeness (QED) is 0.819. The number of alkyl halides is 3. The van der Waals surface area contributed by atoms with Gasteiger partial charge in [0.1, 0.15) is 12.4 Å². The molecule has 0 heterocycles. The molecular formula is C15H19F3O3. The van der Waals surface area contributed by atoms with Gasteiger partial charge >= 0.3 is 6.18 Å². The Morgan fingerprint density at radius 3 is 2.81 bits per heavy atom. The molecule has 0 fully saturated rings. The topological polar surface area (TPSA) is 38.7 Å². The van der Waals surface area contributed by atoms with Gasteiger partial charge in [-0.3, -0.25) is 0 Å². The average molecular weight is 304 g/mol. The third kappa shape index (κ3) is 5.21. The van der Waals surface area contributed by atoms with Gasteiger partial charge in [-0.05, 0) is 42.5 Å². The van der Waals surface area contributed by atoms with Crippen LogP contribution in [0.4, 0.5) is 13.2 Å². The monoisotopic (exact) mass is 304 g/mol. The van der Waals surface area contributed by atoms with E-state index in [1.807, 2.05) is 18.2 Å². The molecule has 1 aliphatic carbocycles. The van der Waals surface area contributed by atoms with Crippen LogP contribution in [0.2, 0.25) is 0 Å². The Hall–Kier alpha value is -1.27. The van der Waals surface area contributed by atoms with Gasteiger partial charge in [-0.25, -0.2) is 0 Å². The highest BCUT2D eigenvalue weighted by Gasteiger charge is 2.27. The van der Waals surface area contributed by atoms with Crippen molar-refractivity contribution in [2.24, 2.45) is 0 Å². The molecular weight excluding hydrogens is 285 g/mol. The predicted octanol–water partition coefficient (Wildman–Crippen LogP) is 3.40. The number of halogens is 3. The van der Waals surface area contributed by atoms with Crippen LogP contribution in [-0.4, -0.2) is 31.1 Å². The van der Waals surface area contributed by atoms with Crippen molar-refractivity contribution in [3.63, 3.8) is 0 Å². The van der Waals surface area contributed by atoms with E-state index in [1.54, 1.807) is 0 Å². The normalized spacial score (nSPS) is 18.4. The first kappa shape index (κ1) is 16.1. The van der Waals surface area contributed by atoms with Gasteiger partial charge in [-0.15, -0.1) is 0 Å². The number of aryl methyl sites for hydroxylation is 1. The fourth-order valence-electron chi connectivity index (χ4n) is 2.38. The summed E-state index contributed by atoms with van der Waals surface area (Å²) in [5, 5.41) is 9.92. The first-order chi connectivity index (χ1) is 9.96. The molecule has 0 aliphatic heterocycles. The molecule has 0 amide bonds. The van der Waals surface area contributed by atoms with Gasteiger partial charge in [-0.2, -0.15) is 13.2 Å². The Kier molecular flexibility index (Phi) is 5.47. The zero-order chi connectivity index (χ0) is 15.3. The predicted molar refractivity (Wildman–Crippen MR) is 71.3 cm³/mol. The lowest BCUT2D eigenvalue weighted by molar-refractivity contribution is -0.174. The van der Waals surface area contributed by atoms with Crippen LogP contribution in [0.1, 0.15) is 36.5 Å². The van der Waals surface area contributed by atoms with E-state index in [-0.39, 0.29) is 13.2 Å². The standard InChI is InChI=1S/C15H19F3O3/c16-15(17,18)10-20-7-2-8-21-12-6-5-11-3-1-4-14(19)13(11)9-12/h5-6,9,14,19H,1-4,7-8,10H2. The van der Waals surface area contributed by atoms with E-state index in [4.69, 9.17) is 4.74 Å². The first-order valence-electron chi connectivity index (χ1n) is 7.04. The van der Waals surface area contributed by atoms with Gasteiger partial charge in [0, 0.05) is 6.42 Å². The van der Waals surface area contributed by atoms with Crippen LogP contribution in [0, 0.1) is 0 Å². The van der Waals surface area contributed by atoms with Gasteiger partial charge in [0.2, 0.25) is 0 Å². The summed E-state index contributed by atoms with van der Waals surface area (Å²) < 4.78 is 45.5. The van der Waals surface area contributed by atoms with Crippen molar-refractivity contribution in [2.75, 3.05) is 19.8 Å². The molecule has 2 rings (SSSR count). The van der Waals surface area contributed by atoms with Crippen molar-refractivity contribution in [1.82, 2.24) is 0 Å². The molecule has 1 N–H and O–H groups in total. The van der Waals surface area contributed by atoms with Crippen molar-refractivity contribution in [1.29, 1.82) is 0 Å². The summed E-state index contributed by atoms with van der Waals surface area (Å²) in [6.45, 7) is -0.933. The smallest absolute Gasteiger partial charge is 0.411 e. The molecule has 0 aromatic heterocycles. The molecule has 0 saturated carbocycles. The maximum atomic E-state index is 11.8. The summed E-state index contributed by atoms with van der Waals surface area (Å²) in [5.74, 6) is 0.630. The van der Waals surface area contributed by atoms with E-state index in [9.17, 15) is 18.3 Å². The lowest BCUT2D eigenvalue weighted by atomic mass is 9.89. The third-order valence-corrected chi connectivity index (χ3v) is 3.37. The van der Waals surface area contributed by atoms with E-state index in [0.717, 1.165) is 30.4 Å². The van der Waals surface area contributed by atoms with E-state index in [0.29, 0.717) is 12.2 Å². The number of benzene rings is 1. The number of hydrogen-bond acceptors (Lipinski definition) is 3. The third-order valence-electron chi connectivity index (χ3n) is 3.37. The molecule has 118 valence electrons. The van der Waals surface area contributed by atoms with Gasteiger partial charge in [0.05, 0.1) is 19.3 Å². The molecule has 1 aromatic carbocycles. The van der Waals surface area contributed by atoms with Crippen LogP contribution in [0.15, 0.2) is 18.2 Å². The molecule has 0 radical (unpaired) electrons. The summed E-state index contributed by atoms with van der Waals surface area (Å²) >= 11 is 0. The number of aliphatic hydroxyl groups excluding tert-OH is 1. The summed E-state index contributed by atoms with van der Waals surface area (Å²) in [7, 11) is 0. The van der Waals surface area contributed by atoms with E-state index in [2.05, 4.69) is 4.74 Å². The Bertz CT molecular complexity index is 460. The number of hydrogen-bond donors (Lipinski definition) is 1. The van der Waals surface area contributed by atoms with Crippen molar-refractivity contribution in [3.8, 4) is 5.75 Å². The van der Waals surface area contributed by atoms with Gasteiger partial charge in [0.15, 0.2) is 0 Å². The van der Waals surface area contributed by atoms with Gasteiger partial charge < -0.3 is 14.6 Å². The molecule has 0 spiro atoms. The second-order valence-corrected chi connectivity index (χ2v) is 5.14. The van der Waals surface area contributed by atoms with Crippen molar-refractivity contribution < 1.29 is 27.8 Å². The molecule has 1 aliphatic rings.